The molecule has 0 bridgehead atoms. The van der Waals surface area contributed by atoms with Gasteiger partial charge < -0.3 is 10.1 Å². The van der Waals surface area contributed by atoms with Gasteiger partial charge in [-0.3, -0.25) is 4.79 Å². The summed E-state index contributed by atoms with van der Waals surface area (Å²) < 4.78 is 4.84. The van der Waals surface area contributed by atoms with Gasteiger partial charge in [0.25, 0.3) is 0 Å². The van der Waals surface area contributed by atoms with Gasteiger partial charge in [-0.15, -0.1) is 0 Å². The van der Waals surface area contributed by atoms with Crippen LogP contribution in [-0.4, -0.2) is 25.0 Å². The molecule has 1 amide bonds. The van der Waals surface area contributed by atoms with Crippen molar-refractivity contribution in [1.29, 1.82) is 0 Å². The number of nitrogens with one attached hydrogen (secondary N) is 1. The molecule has 27 heavy (non-hydrogen) atoms. The number of methoxy groups -OCH3 is 1. The van der Waals surface area contributed by atoms with Crippen LogP contribution in [0.4, 0.5) is 0 Å². The second-order valence-electron chi connectivity index (χ2n) is 6.34. The van der Waals surface area contributed by atoms with Crippen LogP contribution in [0.25, 0.3) is 10.8 Å². The Kier molecular flexibility index (Phi) is 6.09. The molecular weight excluding hydrogens is 362 g/mol. The van der Waals surface area contributed by atoms with Gasteiger partial charge in [0.15, 0.2) is 0 Å². The quantitative estimate of drug-likeness (QED) is 0.658. The number of hydrogen-bond acceptors (Lipinski definition) is 3. The summed E-state index contributed by atoms with van der Waals surface area (Å²) in [6.07, 6.45) is 0.505. The van der Waals surface area contributed by atoms with Gasteiger partial charge in [-0.25, -0.2) is 4.79 Å². The molecule has 0 fully saturated rings. The molecule has 1 atom stereocenters. The summed E-state index contributed by atoms with van der Waals surface area (Å²) in [4.78, 5) is 24.6. The average Bonchev–Trinajstić information content (AvgIpc) is 2.66. The number of rotatable bonds is 6. The van der Waals surface area contributed by atoms with Crippen molar-refractivity contribution >= 4 is 34.2 Å². The lowest BCUT2D eigenvalue weighted by Crippen LogP contribution is -2.43. The first kappa shape index (κ1) is 18.9. The summed E-state index contributed by atoms with van der Waals surface area (Å²) in [5.41, 5.74) is 1.74. The van der Waals surface area contributed by atoms with E-state index in [0.717, 1.165) is 21.9 Å². The van der Waals surface area contributed by atoms with E-state index in [-0.39, 0.29) is 12.3 Å². The van der Waals surface area contributed by atoms with Gasteiger partial charge in [-0.1, -0.05) is 66.2 Å². The first-order valence-corrected chi connectivity index (χ1v) is 9.02. The van der Waals surface area contributed by atoms with Crippen LogP contribution in [0.5, 0.6) is 0 Å². The first-order chi connectivity index (χ1) is 13.0. The van der Waals surface area contributed by atoms with Crippen LogP contribution >= 0.6 is 11.6 Å². The van der Waals surface area contributed by atoms with Crippen molar-refractivity contribution in [2.75, 3.05) is 7.11 Å². The predicted molar refractivity (Wildman–Crippen MR) is 107 cm³/mol. The molecule has 0 unspecified atom stereocenters. The Morgan fingerprint density at radius 2 is 1.74 bits per heavy atom. The molecule has 3 aromatic rings. The average molecular weight is 382 g/mol. The Morgan fingerprint density at radius 3 is 2.48 bits per heavy atom. The highest BCUT2D eigenvalue weighted by molar-refractivity contribution is 6.30. The number of esters is 1. The zero-order valence-corrected chi connectivity index (χ0v) is 15.7. The zero-order chi connectivity index (χ0) is 19.2. The van der Waals surface area contributed by atoms with E-state index in [2.05, 4.69) is 5.32 Å². The highest BCUT2D eigenvalue weighted by Crippen LogP contribution is 2.16. The molecule has 0 saturated carbocycles. The van der Waals surface area contributed by atoms with Crippen LogP contribution in [0.2, 0.25) is 5.02 Å². The lowest BCUT2D eigenvalue weighted by molar-refractivity contribution is -0.145. The molecule has 0 heterocycles. The predicted octanol–water partition coefficient (Wildman–Crippen LogP) is 3.94. The van der Waals surface area contributed by atoms with E-state index >= 15 is 0 Å². The molecule has 0 aliphatic carbocycles. The molecule has 138 valence electrons. The van der Waals surface area contributed by atoms with E-state index in [1.165, 1.54) is 7.11 Å². The summed E-state index contributed by atoms with van der Waals surface area (Å²) in [5.74, 6) is -0.718. The van der Waals surface area contributed by atoms with E-state index < -0.39 is 12.0 Å². The molecule has 0 spiro atoms. The van der Waals surface area contributed by atoms with Crippen LogP contribution < -0.4 is 5.32 Å². The fraction of sp³-hybridized carbons (Fsp3) is 0.182. The van der Waals surface area contributed by atoms with Crippen LogP contribution in [-0.2, 0) is 27.2 Å². The number of benzene rings is 3. The third-order valence-corrected chi connectivity index (χ3v) is 4.56. The van der Waals surface area contributed by atoms with Crippen molar-refractivity contribution in [2.45, 2.75) is 18.9 Å². The second-order valence-corrected chi connectivity index (χ2v) is 6.77. The minimum Gasteiger partial charge on any atom is -0.467 e. The first-order valence-electron chi connectivity index (χ1n) is 8.64. The number of amides is 1. The number of halogens is 1. The maximum absolute atomic E-state index is 12.5. The lowest BCUT2D eigenvalue weighted by Gasteiger charge is -2.17. The van der Waals surface area contributed by atoms with E-state index in [4.69, 9.17) is 16.3 Å². The Labute approximate surface area is 163 Å². The smallest absolute Gasteiger partial charge is 0.328 e. The van der Waals surface area contributed by atoms with Gasteiger partial charge in [-0.05, 0) is 34.0 Å². The molecule has 4 nitrogen and oxygen atoms in total. The molecule has 3 rings (SSSR count). The standard InChI is InChI=1S/C22H20ClNO3/c1-27-22(26)20(13-15-5-4-8-19(23)12-15)24-21(25)14-16-9-10-17-6-2-3-7-18(17)11-16/h2-12,20H,13-14H2,1H3,(H,24,25)/t20-/m1/s1. The van der Waals surface area contributed by atoms with E-state index in [0.29, 0.717) is 11.4 Å². The largest absolute Gasteiger partial charge is 0.467 e. The van der Waals surface area contributed by atoms with Crippen molar-refractivity contribution in [3.8, 4) is 0 Å². The summed E-state index contributed by atoms with van der Waals surface area (Å²) >= 11 is 6.00. The Balaban J connectivity index is 1.70. The van der Waals surface area contributed by atoms with Gasteiger partial charge in [0, 0.05) is 11.4 Å². The van der Waals surface area contributed by atoms with Crippen LogP contribution in [0.1, 0.15) is 11.1 Å². The lowest BCUT2D eigenvalue weighted by atomic mass is 10.0. The molecule has 0 aliphatic heterocycles. The van der Waals surface area contributed by atoms with Crippen molar-refractivity contribution in [2.24, 2.45) is 0 Å². The van der Waals surface area contributed by atoms with Gasteiger partial charge in [0.1, 0.15) is 6.04 Å². The number of fused-ring (bicyclic) bond motifs is 1. The van der Waals surface area contributed by atoms with Crippen LogP contribution in [0.3, 0.4) is 0 Å². The minimum atomic E-state index is -0.763. The van der Waals surface area contributed by atoms with Gasteiger partial charge in [-0.2, -0.15) is 0 Å². The molecule has 5 heteroatoms. The Morgan fingerprint density at radius 1 is 0.963 bits per heavy atom. The SMILES string of the molecule is COC(=O)[C@@H](Cc1cccc(Cl)c1)NC(=O)Cc1ccc2ccccc2c1. The Hall–Kier alpha value is -2.85. The van der Waals surface area contributed by atoms with Crippen molar-refractivity contribution in [3.05, 3.63) is 82.9 Å². The maximum atomic E-state index is 12.5. The molecule has 0 aliphatic rings. The van der Waals surface area contributed by atoms with Crippen molar-refractivity contribution in [1.82, 2.24) is 5.32 Å². The van der Waals surface area contributed by atoms with Crippen LogP contribution in [0, 0.1) is 0 Å². The second kappa shape index (κ2) is 8.69. The summed E-state index contributed by atoms with van der Waals surface area (Å²) in [5, 5.41) is 5.55. The highest BCUT2D eigenvalue weighted by atomic mass is 35.5. The third kappa shape index (κ3) is 5.08. The third-order valence-electron chi connectivity index (χ3n) is 4.33. The van der Waals surface area contributed by atoms with Crippen LogP contribution in [0.15, 0.2) is 66.7 Å². The summed E-state index contributed by atoms with van der Waals surface area (Å²) in [6, 6.07) is 20.3. The van der Waals surface area contributed by atoms with Gasteiger partial charge in [0.05, 0.1) is 13.5 Å². The van der Waals surface area contributed by atoms with E-state index in [1.807, 2.05) is 54.6 Å². The maximum Gasteiger partial charge on any atom is 0.328 e. The molecule has 0 radical (unpaired) electrons. The highest BCUT2D eigenvalue weighted by Gasteiger charge is 2.22. The molecular formula is C22H20ClNO3. The van der Waals surface area contributed by atoms with E-state index in [1.54, 1.807) is 12.1 Å². The monoisotopic (exact) mass is 381 g/mol. The van der Waals surface area contributed by atoms with Gasteiger partial charge in [0.2, 0.25) is 5.91 Å². The zero-order valence-electron chi connectivity index (χ0n) is 14.9. The number of hydrogen-bond donors (Lipinski definition) is 1. The minimum absolute atomic E-state index is 0.188. The number of carbonyl (C=O) groups is 2. The number of ether oxygens (including phenoxy) is 1. The topological polar surface area (TPSA) is 55.4 Å². The molecule has 0 saturated heterocycles. The fourth-order valence-corrected chi connectivity index (χ4v) is 3.23. The normalized spacial score (nSPS) is 11.8. The number of carbonyl (C=O) groups excluding carboxylic acids is 2. The molecule has 0 aromatic heterocycles. The van der Waals surface area contributed by atoms with E-state index in [9.17, 15) is 9.59 Å². The molecule has 1 N–H and O–H groups in total. The van der Waals surface area contributed by atoms with Crippen molar-refractivity contribution < 1.29 is 14.3 Å². The van der Waals surface area contributed by atoms with Gasteiger partial charge >= 0.3 is 5.97 Å². The Bertz CT molecular complexity index is 970. The fourth-order valence-electron chi connectivity index (χ4n) is 3.01. The summed E-state index contributed by atoms with van der Waals surface area (Å²) in [6.45, 7) is 0. The van der Waals surface area contributed by atoms with Crippen molar-refractivity contribution in [3.63, 3.8) is 0 Å². The molecule has 3 aromatic carbocycles. The summed E-state index contributed by atoms with van der Waals surface area (Å²) in [7, 11) is 1.31.